The molecule has 2 aromatic heterocycles. The van der Waals surface area contributed by atoms with Crippen LogP contribution >= 0.6 is 0 Å². The lowest BCUT2D eigenvalue weighted by Crippen LogP contribution is -2.12. The number of imidazole rings is 1. The molecule has 1 amide bonds. The summed E-state index contributed by atoms with van der Waals surface area (Å²) < 4.78 is 39.7. The van der Waals surface area contributed by atoms with Crippen molar-refractivity contribution in [2.45, 2.75) is 13.1 Å². The van der Waals surface area contributed by atoms with Gasteiger partial charge in [-0.25, -0.2) is 9.97 Å². The van der Waals surface area contributed by atoms with E-state index in [1.807, 2.05) is 29.8 Å². The van der Waals surface area contributed by atoms with Crippen LogP contribution in [-0.2, 0) is 6.18 Å². The van der Waals surface area contributed by atoms with E-state index < -0.39 is 17.6 Å². The molecule has 0 aliphatic heterocycles. The molecule has 146 valence electrons. The van der Waals surface area contributed by atoms with Gasteiger partial charge >= 0.3 is 6.18 Å². The van der Waals surface area contributed by atoms with Crippen LogP contribution in [0.4, 0.5) is 18.9 Å². The van der Waals surface area contributed by atoms with Crippen LogP contribution in [-0.4, -0.2) is 20.3 Å². The van der Waals surface area contributed by atoms with Crippen molar-refractivity contribution in [1.29, 1.82) is 0 Å². The highest BCUT2D eigenvalue weighted by Crippen LogP contribution is 2.29. The fourth-order valence-electron chi connectivity index (χ4n) is 2.84. The van der Waals surface area contributed by atoms with Crippen molar-refractivity contribution < 1.29 is 18.0 Å². The van der Waals surface area contributed by atoms with Crippen molar-refractivity contribution in [2.24, 2.45) is 0 Å². The summed E-state index contributed by atoms with van der Waals surface area (Å²) in [6.07, 6.45) is -0.693. The molecule has 2 heterocycles. The number of carbonyl (C=O) groups excluding carboxylic acids is 1. The Kier molecular flexibility index (Phi) is 4.54. The van der Waals surface area contributed by atoms with E-state index in [-0.39, 0.29) is 5.56 Å². The number of aryl methyl sites for hydroxylation is 1. The number of nitrogens with one attached hydrogen (secondary N) is 1. The van der Waals surface area contributed by atoms with Crippen LogP contribution in [0.25, 0.3) is 17.0 Å². The minimum Gasteiger partial charge on any atom is -0.322 e. The lowest BCUT2D eigenvalue weighted by Gasteiger charge is -2.08. The first-order valence-corrected chi connectivity index (χ1v) is 8.71. The maximum absolute atomic E-state index is 12.6. The zero-order valence-electron chi connectivity index (χ0n) is 15.2. The number of anilines is 1. The molecule has 0 aliphatic rings. The van der Waals surface area contributed by atoms with Gasteiger partial charge in [0, 0.05) is 34.9 Å². The van der Waals surface area contributed by atoms with Crippen molar-refractivity contribution >= 4 is 17.4 Å². The predicted octanol–water partition coefficient (Wildman–Crippen LogP) is 4.98. The second kappa shape index (κ2) is 7.05. The normalized spacial score (nSPS) is 11.6. The topological polar surface area (TPSA) is 59.3 Å². The molecule has 1 N–H and O–H groups in total. The second-order valence-corrected chi connectivity index (χ2v) is 6.51. The minimum atomic E-state index is -4.43. The van der Waals surface area contributed by atoms with Gasteiger partial charge in [0.25, 0.3) is 5.91 Å². The molecule has 0 radical (unpaired) electrons. The van der Waals surface area contributed by atoms with Crippen LogP contribution in [0, 0.1) is 6.92 Å². The molecule has 4 rings (SSSR count). The van der Waals surface area contributed by atoms with Crippen molar-refractivity contribution in [3.05, 3.63) is 83.8 Å². The summed E-state index contributed by atoms with van der Waals surface area (Å²) in [4.78, 5) is 21.1. The van der Waals surface area contributed by atoms with E-state index in [1.54, 1.807) is 24.3 Å². The summed E-state index contributed by atoms with van der Waals surface area (Å²) in [6.45, 7) is 1.89. The molecule has 5 nitrogen and oxygen atoms in total. The van der Waals surface area contributed by atoms with Gasteiger partial charge in [0.1, 0.15) is 0 Å². The molecule has 0 atom stereocenters. The van der Waals surface area contributed by atoms with E-state index >= 15 is 0 Å². The standard InChI is InChI=1S/C21H15F3N4O/c1-13-10-11-28-12-18(27-20(28)25-13)14-4-8-17(9-5-14)26-19(29)15-2-6-16(7-3-15)21(22,23)24/h2-12H,1H3,(H,26,29). The number of nitrogens with zero attached hydrogens (tertiary/aromatic N) is 3. The van der Waals surface area contributed by atoms with Crippen LogP contribution in [0.5, 0.6) is 0 Å². The van der Waals surface area contributed by atoms with Gasteiger partial charge in [0.15, 0.2) is 0 Å². The van der Waals surface area contributed by atoms with Crippen molar-refractivity contribution in [1.82, 2.24) is 14.4 Å². The fourth-order valence-corrected chi connectivity index (χ4v) is 2.84. The number of hydrogen-bond donors (Lipinski definition) is 1. The Bertz CT molecular complexity index is 1180. The Morgan fingerprint density at radius 2 is 1.66 bits per heavy atom. The second-order valence-electron chi connectivity index (χ2n) is 6.51. The summed E-state index contributed by atoms with van der Waals surface area (Å²) in [5, 5.41) is 2.67. The molecule has 4 aromatic rings. The number of amides is 1. The number of halogens is 3. The summed E-state index contributed by atoms with van der Waals surface area (Å²) in [5.41, 5.74) is 2.33. The van der Waals surface area contributed by atoms with E-state index in [0.717, 1.165) is 41.2 Å². The quantitative estimate of drug-likeness (QED) is 0.532. The predicted molar refractivity (Wildman–Crippen MR) is 103 cm³/mol. The number of hydrogen-bond acceptors (Lipinski definition) is 3. The molecule has 0 saturated heterocycles. The van der Waals surface area contributed by atoms with Gasteiger partial charge in [-0.2, -0.15) is 13.2 Å². The molecule has 0 bridgehead atoms. The first-order valence-electron chi connectivity index (χ1n) is 8.71. The summed E-state index contributed by atoms with van der Waals surface area (Å²) >= 11 is 0. The zero-order chi connectivity index (χ0) is 20.6. The SMILES string of the molecule is Cc1ccn2cc(-c3ccc(NC(=O)c4ccc(C(F)(F)F)cc4)cc3)nc2n1. The molecule has 0 aliphatic carbocycles. The van der Waals surface area contributed by atoms with E-state index in [4.69, 9.17) is 0 Å². The first-order chi connectivity index (χ1) is 13.8. The van der Waals surface area contributed by atoms with Crippen LogP contribution < -0.4 is 5.32 Å². The highest BCUT2D eigenvalue weighted by molar-refractivity contribution is 6.04. The number of carbonyl (C=O) groups is 1. The Morgan fingerprint density at radius 3 is 2.31 bits per heavy atom. The maximum Gasteiger partial charge on any atom is 0.416 e. The lowest BCUT2D eigenvalue weighted by atomic mass is 10.1. The maximum atomic E-state index is 12.6. The van der Waals surface area contributed by atoms with Gasteiger partial charge in [-0.1, -0.05) is 12.1 Å². The molecule has 2 aromatic carbocycles. The van der Waals surface area contributed by atoms with Gasteiger partial charge < -0.3 is 5.32 Å². The zero-order valence-corrected chi connectivity index (χ0v) is 15.2. The summed E-state index contributed by atoms with van der Waals surface area (Å²) in [6, 6.07) is 13.0. The Morgan fingerprint density at radius 1 is 0.966 bits per heavy atom. The summed E-state index contributed by atoms with van der Waals surface area (Å²) in [7, 11) is 0. The van der Waals surface area contributed by atoms with Crippen molar-refractivity contribution in [2.75, 3.05) is 5.32 Å². The highest BCUT2D eigenvalue weighted by atomic mass is 19.4. The van der Waals surface area contributed by atoms with Gasteiger partial charge in [-0.3, -0.25) is 9.20 Å². The number of fused-ring (bicyclic) bond motifs is 1. The molecule has 0 unspecified atom stereocenters. The van der Waals surface area contributed by atoms with E-state index in [0.29, 0.717) is 11.5 Å². The third kappa shape index (κ3) is 3.96. The number of benzene rings is 2. The smallest absolute Gasteiger partial charge is 0.322 e. The Hall–Kier alpha value is -3.68. The highest BCUT2D eigenvalue weighted by Gasteiger charge is 2.30. The van der Waals surface area contributed by atoms with Crippen LogP contribution in [0.3, 0.4) is 0 Å². The van der Waals surface area contributed by atoms with E-state index in [2.05, 4.69) is 15.3 Å². The third-order valence-corrected chi connectivity index (χ3v) is 4.38. The number of rotatable bonds is 3. The minimum absolute atomic E-state index is 0.142. The van der Waals surface area contributed by atoms with Gasteiger partial charge in [0.05, 0.1) is 11.3 Å². The van der Waals surface area contributed by atoms with E-state index in [9.17, 15) is 18.0 Å². The Labute approximate surface area is 163 Å². The average Bonchev–Trinajstić information content (AvgIpc) is 3.11. The van der Waals surface area contributed by atoms with Gasteiger partial charge in [-0.05, 0) is 49.4 Å². The van der Waals surface area contributed by atoms with Gasteiger partial charge in [-0.15, -0.1) is 0 Å². The molecular formula is C21H15F3N4O. The lowest BCUT2D eigenvalue weighted by molar-refractivity contribution is -0.137. The largest absolute Gasteiger partial charge is 0.416 e. The Balaban J connectivity index is 1.49. The van der Waals surface area contributed by atoms with E-state index in [1.165, 1.54) is 0 Å². The summed E-state index contributed by atoms with van der Waals surface area (Å²) in [5.74, 6) is 0.110. The first kappa shape index (κ1) is 18.7. The molecular weight excluding hydrogens is 381 g/mol. The number of alkyl halides is 3. The monoisotopic (exact) mass is 396 g/mol. The third-order valence-electron chi connectivity index (χ3n) is 4.38. The van der Waals surface area contributed by atoms with Crippen molar-refractivity contribution in [3.8, 4) is 11.3 Å². The molecule has 29 heavy (non-hydrogen) atoms. The van der Waals surface area contributed by atoms with Crippen LogP contribution in [0.2, 0.25) is 0 Å². The fraction of sp³-hybridized carbons (Fsp3) is 0.0952. The van der Waals surface area contributed by atoms with Crippen LogP contribution in [0.15, 0.2) is 67.0 Å². The molecule has 0 spiro atoms. The van der Waals surface area contributed by atoms with Crippen molar-refractivity contribution in [3.63, 3.8) is 0 Å². The average molecular weight is 396 g/mol. The van der Waals surface area contributed by atoms with Crippen LogP contribution in [0.1, 0.15) is 21.6 Å². The molecule has 8 heteroatoms. The molecule has 0 saturated carbocycles. The molecule has 0 fully saturated rings. The van der Waals surface area contributed by atoms with Gasteiger partial charge in [0.2, 0.25) is 5.78 Å². The number of aromatic nitrogens is 3.